The molecule has 0 unspecified atom stereocenters. The number of fused-ring (bicyclic) bond motifs is 3. The van der Waals surface area contributed by atoms with Gasteiger partial charge in [-0.05, 0) is 44.0 Å². The Morgan fingerprint density at radius 3 is 2.73 bits per heavy atom. The summed E-state index contributed by atoms with van der Waals surface area (Å²) < 4.78 is 7.52. The topological polar surface area (TPSA) is 67.5 Å². The summed E-state index contributed by atoms with van der Waals surface area (Å²) in [6.45, 7) is 2.56. The first kappa shape index (κ1) is 19.0. The average Bonchev–Trinajstić information content (AvgIpc) is 3.40. The maximum Gasteiger partial charge on any atom is 0.271 e. The summed E-state index contributed by atoms with van der Waals surface area (Å²) in [5.74, 6) is 0.442. The molecular weight excluding hydrogens is 378 g/mol. The smallest absolute Gasteiger partial charge is 0.271 e. The Balaban J connectivity index is 1.54. The van der Waals surface area contributed by atoms with E-state index in [9.17, 15) is 9.59 Å². The van der Waals surface area contributed by atoms with Crippen LogP contribution < -0.4 is 5.32 Å². The van der Waals surface area contributed by atoms with Crippen LogP contribution in [0.5, 0.6) is 0 Å². The first-order valence-electron chi connectivity index (χ1n) is 10.8. The maximum atomic E-state index is 13.6. The number of furan rings is 1. The molecule has 3 aromatic rings. The van der Waals surface area contributed by atoms with E-state index in [0.29, 0.717) is 18.0 Å². The summed E-state index contributed by atoms with van der Waals surface area (Å²) in [6.07, 6.45) is 7.12. The highest BCUT2D eigenvalue weighted by atomic mass is 16.3. The van der Waals surface area contributed by atoms with Crippen LogP contribution in [0.2, 0.25) is 0 Å². The lowest BCUT2D eigenvalue weighted by atomic mass is 9.91. The summed E-state index contributed by atoms with van der Waals surface area (Å²) in [6, 6.07) is 13.7. The average molecular weight is 405 g/mol. The van der Waals surface area contributed by atoms with Crippen LogP contribution in [0.15, 0.2) is 53.1 Å². The summed E-state index contributed by atoms with van der Waals surface area (Å²) >= 11 is 0. The third-order valence-corrected chi connectivity index (χ3v) is 6.66. The molecule has 1 atom stereocenters. The van der Waals surface area contributed by atoms with Gasteiger partial charge in [-0.15, -0.1) is 0 Å². The number of carbonyl (C=O) groups is 2. The fraction of sp³-hybridized carbons (Fsp3) is 0.417. The molecule has 0 bridgehead atoms. The normalized spacial score (nSPS) is 22.3. The predicted molar refractivity (Wildman–Crippen MR) is 114 cm³/mol. The molecule has 6 nitrogen and oxygen atoms in total. The summed E-state index contributed by atoms with van der Waals surface area (Å²) in [5, 5.41) is 4.26. The SMILES string of the molecule is C[C@@]1(C(=O)NC2CCCCC2)Cn2c(cc3ccccc32)C(=O)N1Cc1ccco1. The van der Waals surface area contributed by atoms with Crippen molar-refractivity contribution in [2.24, 2.45) is 0 Å². The van der Waals surface area contributed by atoms with Crippen LogP contribution in [-0.4, -0.2) is 32.9 Å². The number of aromatic nitrogens is 1. The fourth-order valence-corrected chi connectivity index (χ4v) is 4.90. The van der Waals surface area contributed by atoms with Gasteiger partial charge in [0.15, 0.2) is 0 Å². The van der Waals surface area contributed by atoms with E-state index in [1.54, 1.807) is 17.2 Å². The Bertz CT molecular complexity index is 1080. The number of hydrogen-bond donors (Lipinski definition) is 1. The molecule has 0 spiro atoms. The van der Waals surface area contributed by atoms with E-state index in [2.05, 4.69) is 5.32 Å². The van der Waals surface area contributed by atoms with E-state index in [-0.39, 0.29) is 24.4 Å². The van der Waals surface area contributed by atoms with E-state index in [1.165, 1.54) is 6.42 Å². The summed E-state index contributed by atoms with van der Waals surface area (Å²) in [5.41, 5.74) is 0.594. The molecule has 1 N–H and O–H groups in total. The third kappa shape index (κ3) is 3.11. The number of amides is 2. The molecular formula is C24H27N3O3. The van der Waals surface area contributed by atoms with Crippen molar-refractivity contribution in [3.05, 3.63) is 60.2 Å². The zero-order valence-corrected chi connectivity index (χ0v) is 17.3. The molecule has 156 valence electrons. The second-order valence-electron chi connectivity index (χ2n) is 8.73. The van der Waals surface area contributed by atoms with Gasteiger partial charge in [0.1, 0.15) is 17.0 Å². The van der Waals surface area contributed by atoms with Gasteiger partial charge < -0.3 is 19.2 Å². The monoisotopic (exact) mass is 405 g/mol. The second-order valence-corrected chi connectivity index (χ2v) is 8.73. The number of carbonyl (C=O) groups excluding carboxylic acids is 2. The van der Waals surface area contributed by atoms with E-state index in [0.717, 1.165) is 36.6 Å². The Hall–Kier alpha value is -3.02. The maximum absolute atomic E-state index is 13.6. The van der Waals surface area contributed by atoms with Gasteiger partial charge in [-0.2, -0.15) is 0 Å². The molecule has 1 aliphatic heterocycles. The number of rotatable bonds is 4. The molecule has 2 amide bonds. The molecule has 1 aromatic carbocycles. The Kier molecular flexibility index (Phi) is 4.65. The first-order chi connectivity index (χ1) is 14.6. The van der Waals surface area contributed by atoms with Crippen molar-refractivity contribution in [3.63, 3.8) is 0 Å². The zero-order chi connectivity index (χ0) is 20.7. The fourth-order valence-electron chi connectivity index (χ4n) is 4.90. The Labute approximate surface area is 175 Å². The molecule has 30 heavy (non-hydrogen) atoms. The molecule has 0 radical (unpaired) electrons. The van der Waals surface area contributed by atoms with E-state index >= 15 is 0 Å². The zero-order valence-electron chi connectivity index (χ0n) is 17.3. The van der Waals surface area contributed by atoms with E-state index in [4.69, 9.17) is 4.42 Å². The van der Waals surface area contributed by atoms with Crippen molar-refractivity contribution in [2.75, 3.05) is 0 Å². The van der Waals surface area contributed by atoms with Gasteiger partial charge in [0.05, 0.1) is 19.4 Å². The molecule has 0 saturated heterocycles. The number of benzene rings is 1. The Morgan fingerprint density at radius 2 is 1.97 bits per heavy atom. The standard InChI is InChI=1S/C24H27N3O3/c1-24(23(29)25-18-9-3-2-4-10-18)16-26-20-12-6-5-8-17(20)14-21(26)22(28)27(24)15-19-11-7-13-30-19/h5-8,11-14,18H,2-4,9-10,15-16H2,1H3,(H,25,29)/t24-/m0/s1. The van der Waals surface area contributed by atoms with Crippen molar-refractivity contribution in [2.45, 2.75) is 63.7 Å². The molecule has 1 saturated carbocycles. The van der Waals surface area contributed by atoms with Gasteiger partial charge in [0.2, 0.25) is 5.91 Å². The van der Waals surface area contributed by atoms with Crippen LogP contribution >= 0.6 is 0 Å². The van der Waals surface area contributed by atoms with Crippen LogP contribution in [0, 0.1) is 0 Å². The van der Waals surface area contributed by atoms with E-state index < -0.39 is 5.54 Å². The van der Waals surface area contributed by atoms with Crippen LogP contribution in [0.1, 0.15) is 55.3 Å². The number of para-hydroxylation sites is 1. The minimum atomic E-state index is -1.00. The van der Waals surface area contributed by atoms with Crippen molar-refractivity contribution in [3.8, 4) is 0 Å². The van der Waals surface area contributed by atoms with Gasteiger partial charge >= 0.3 is 0 Å². The highest BCUT2D eigenvalue weighted by Gasteiger charge is 2.48. The van der Waals surface area contributed by atoms with Crippen molar-refractivity contribution < 1.29 is 14.0 Å². The van der Waals surface area contributed by atoms with Crippen LogP contribution in [0.4, 0.5) is 0 Å². The first-order valence-corrected chi connectivity index (χ1v) is 10.8. The van der Waals surface area contributed by atoms with Crippen LogP contribution in [0.25, 0.3) is 10.9 Å². The van der Waals surface area contributed by atoms with E-state index in [1.807, 2.05) is 47.9 Å². The lowest BCUT2D eigenvalue weighted by molar-refractivity contribution is -0.134. The number of nitrogens with zero attached hydrogens (tertiary/aromatic N) is 2. The molecule has 6 heteroatoms. The second kappa shape index (κ2) is 7.35. The number of nitrogens with one attached hydrogen (secondary N) is 1. The van der Waals surface area contributed by atoms with Crippen LogP contribution in [0.3, 0.4) is 0 Å². The summed E-state index contributed by atoms with van der Waals surface area (Å²) in [7, 11) is 0. The van der Waals surface area contributed by atoms with Gasteiger partial charge in [0, 0.05) is 16.9 Å². The lowest BCUT2D eigenvalue weighted by Crippen LogP contribution is -2.64. The molecule has 3 heterocycles. The van der Waals surface area contributed by atoms with Crippen LogP contribution in [-0.2, 0) is 17.9 Å². The van der Waals surface area contributed by atoms with Gasteiger partial charge in [0.25, 0.3) is 5.91 Å². The van der Waals surface area contributed by atoms with Gasteiger partial charge in [-0.25, -0.2) is 0 Å². The van der Waals surface area contributed by atoms with Crippen molar-refractivity contribution in [1.29, 1.82) is 0 Å². The minimum Gasteiger partial charge on any atom is -0.467 e. The third-order valence-electron chi connectivity index (χ3n) is 6.66. The minimum absolute atomic E-state index is 0.0854. The van der Waals surface area contributed by atoms with Crippen molar-refractivity contribution >= 4 is 22.7 Å². The Morgan fingerprint density at radius 1 is 1.17 bits per heavy atom. The molecule has 2 aromatic heterocycles. The molecule has 1 aliphatic carbocycles. The lowest BCUT2D eigenvalue weighted by Gasteiger charge is -2.44. The molecule has 5 rings (SSSR count). The highest BCUT2D eigenvalue weighted by Crippen LogP contribution is 2.34. The van der Waals surface area contributed by atoms with Gasteiger partial charge in [-0.1, -0.05) is 37.5 Å². The molecule has 1 fully saturated rings. The molecule has 2 aliphatic rings. The largest absolute Gasteiger partial charge is 0.467 e. The van der Waals surface area contributed by atoms with Crippen molar-refractivity contribution in [1.82, 2.24) is 14.8 Å². The predicted octanol–water partition coefficient (Wildman–Crippen LogP) is 4.10. The number of hydrogen-bond acceptors (Lipinski definition) is 3. The quantitative estimate of drug-likeness (QED) is 0.711. The summed E-state index contributed by atoms with van der Waals surface area (Å²) in [4.78, 5) is 28.9. The van der Waals surface area contributed by atoms with Gasteiger partial charge in [-0.3, -0.25) is 9.59 Å². The highest BCUT2D eigenvalue weighted by molar-refractivity contribution is 6.03.